The molecule has 2 rings (SSSR count). The van der Waals surface area contributed by atoms with Crippen LogP contribution in [0.25, 0.3) is 0 Å². The molecule has 102 valence electrons. The topological polar surface area (TPSA) is 25.2 Å². The van der Waals surface area contributed by atoms with Gasteiger partial charge in [-0.1, -0.05) is 13.0 Å². The van der Waals surface area contributed by atoms with Crippen LogP contribution in [0.5, 0.6) is 0 Å². The summed E-state index contributed by atoms with van der Waals surface area (Å²) in [7, 11) is 1.84. The van der Waals surface area contributed by atoms with Crippen molar-refractivity contribution in [3.63, 3.8) is 0 Å². The van der Waals surface area contributed by atoms with Crippen molar-refractivity contribution < 1.29 is 13.2 Å². The van der Waals surface area contributed by atoms with Crippen molar-refractivity contribution >= 4 is 0 Å². The highest BCUT2D eigenvalue weighted by Gasteiger charge is 2.16. The van der Waals surface area contributed by atoms with E-state index in [0.717, 1.165) is 29.4 Å². The molecule has 4 heteroatoms. The Morgan fingerprint density at radius 2 is 2.00 bits per heavy atom. The molecular weight excluding hydrogens is 248 g/mol. The van der Waals surface area contributed by atoms with E-state index in [-0.39, 0.29) is 6.04 Å². The Morgan fingerprint density at radius 1 is 1.21 bits per heavy atom. The largest absolute Gasteiger partial charge is 0.469 e. The first-order valence-corrected chi connectivity index (χ1v) is 6.33. The number of hydrogen-bond acceptors (Lipinski definition) is 2. The van der Waals surface area contributed by atoms with Crippen molar-refractivity contribution in [1.82, 2.24) is 5.32 Å². The molecule has 1 aromatic heterocycles. The van der Waals surface area contributed by atoms with Gasteiger partial charge in [-0.3, -0.25) is 0 Å². The van der Waals surface area contributed by atoms with Crippen LogP contribution in [0.15, 0.2) is 34.9 Å². The molecule has 0 bridgehead atoms. The van der Waals surface area contributed by atoms with Crippen LogP contribution >= 0.6 is 0 Å². The van der Waals surface area contributed by atoms with Gasteiger partial charge in [-0.25, -0.2) is 8.78 Å². The molecule has 0 aliphatic carbocycles. The lowest BCUT2D eigenvalue weighted by Crippen LogP contribution is -2.19. The normalized spacial score (nSPS) is 12.6. The zero-order valence-corrected chi connectivity index (χ0v) is 11.0. The van der Waals surface area contributed by atoms with Crippen LogP contribution in [0.1, 0.15) is 29.9 Å². The van der Waals surface area contributed by atoms with E-state index in [4.69, 9.17) is 4.42 Å². The molecule has 1 atom stereocenters. The molecule has 2 nitrogen and oxygen atoms in total. The van der Waals surface area contributed by atoms with E-state index < -0.39 is 11.6 Å². The van der Waals surface area contributed by atoms with Crippen LogP contribution in [0.4, 0.5) is 8.78 Å². The summed E-state index contributed by atoms with van der Waals surface area (Å²) in [4.78, 5) is 0. The maximum Gasteiger partial charge on any atom is 0.159 e. The van der Waals surface area contributed by atoms with Gasteiger partial charge in [0, 0.05) is 18.0 Å². The summed E-state index contributed by atoms with van der Waals surface area (Å²) < 4.78 is 31.5. The van der Waals surface area contributed by atoms with Crippen molar-refractivity contribution in [1.29, 1.82) is 0 Å². The number of hydrogen-bond donors (Lipinski definition) is 1. The minimum Gasteiger partial charge on any atom is -0.469 e. The average molecular weight is 265 g/mol. The van der Waals surface area contributed by atoms with Crippen LogP contribution in [-0.2, 0) is 12.8 Å². The van der Waals surface area contributed by atoms with E-state index in [1.807, 2.05) is 20.0 Å². The third-order valence-electron chi connectivity index (χ3n) is 3.25. The fourth-order valence-corrected chi connectivity index (χ4v) is 2.22. The Kier molecular flexibility index (Phi) is 4.32. The minimum absolute atomic E-state index is 0.0264. The molecule has 0 radical (unpaired) electrons. The van der Waals surface area contributed by atoms with Crippen LogP contribution in [0.2, 0.25) is 0 Å². The Morgan fingerprint density at radius 3 is 2.63 bits per heavy atom. The summed E-state index contributed by atoms with van der Waals surface area (Å²) in [6.07, 6.45) is 3.04. The van der Waals surface area contributed by atoms with Gasteiger partial charge in [-0.15, -0.1) is 0 Å². The second-order valence-electron chi connectivity index (χ2n) is 4.45. The first-order chi connectivity index (χ1) is 9.15. The third kappa shape index (κ3) is 3.01. The van der Waals surface area contributed by atoms with Gasteiger partial charge in [-0.05, 0) is 37.2 Å². The fraction of sp³-hybridized carbons (Fsp3) is 0.333. The van der Waals surface area contributed by atoms with Crippen molar-refractivity contribution in [3.8, 4) is 0 Å². The lowest BCUT2D eigenvalue weighted by atomic mass is 9.98. The Balaban J connectivity index is 2.21. The molecule has 0 fully saturated rings. The Hall–Kier alpha value is -1.68. The molecule has 0 aliphatic heterocycles. The van der Waals surface area contributed by atoms with Crippen LogP contribution in [0.3, 0.4) is 0 Å². The van der Waals surface area contributed by atoms with Crippen molar-refractivity contribution in [2.24, 2.45) is 0 Å². The Bertz CT molecular complexity index is 551. The summed E-state index contributed by atoms with van der Waals surface area (Å²) in [5, 5.41) is 3.19. The number of aryl methyl sites for hydroxylation is 1. The number of halogens is 2. The molecule has 0 aliphatic rings. The van der Waals surface area contributed by atoms with E-state index in [9.17, 15) is 8.78 Å². The van der Waals surface area contributed by atoms with Gasteiger partial charge in [0.15, 0.2) is 11.6 Å². The van der Waals surface area contributed by atoms with Gasteiger partial charge in [0.1, 0.15) is 5.76 Å². The number of rotatable bonds is 5. The van der Waals surface area contributed by atoms with E-state index in [0.29, 0.717) is 6.42 Å². The lowest BCUT2D eigenvalue weighted by Gasteiger charge is -2.16. The maximum atomic E-state index is 13.2. The number of likely N-dealkylation sites (N-methyl/N-ethyl adjacent to an activating group) is 1. The zero-order valence-electron chi connectivity index (χ0n) is 11.0. The maximum absolute atomic E-state index is 13.2. The zero-order chi connectivity index (χ0) is 13.8. The average Bonchev–Trinajstić information content (AvgIpc) is 2.88. The lowest BCUT2D eigenvalue weighted by molar-refractivity contribution is 0.491. The molecule has 2 aromatic rings. The van der Waals surface area contributed by atoms with E-state index in [1.165, 1.54) is 6.07 Å². The van der Waals surface area contributed by atoms with Gasteiger partial charge in [0.25, 0.3) is 0 Å². The second kappa shape index (κ2) is 5.97. The highest BCUT2D eigenvalue weighted by molar-refractivity contribution is 5.26. The fourth-order valence-electron chi connectivity index (χ4n) is 2.22. The standard InChI is InChI=1S/C15H17F2NO/c1-3-15-11(6-7-19-15)14(18-2)9-10-4-5-12(16)13(17)8-10/h4-8,14,18H,3,9H2,1-2H3. The molecule has 0 saturated carbocycles. The quantitative estimate of drug-likeness (QED) is 0.893. The van der Waals surface area contributed by atoms with Gasteiger partial charge in [-0.2, -0.15) is 0 Å². The highest BCUT2D eigenvalue weighted by Crippen LogP contribution is 2.24. The molecule has 0 saturated heterocycles. The van der Waals surface area contributed by atoms with Gasteiger partial charge in [0.2, 0.25) is 0 Å². The second-order valence-corrected chi connectivity index (χ2v) is 4.45. The predicted octanol–water partition coefficient (Wildman–Crippen LogP) is 3.62. The summed E-state index contributed by atoms with van der Waals surface area (Å²) in [6.45, 7) is 2.02. The predicted molar refractivity (Wildman–Crippen MR) is 69.9 cm³/mol. The highest BCUT2D eigenvalue weighted by atomic mass is 19.2. The monoisotopic (exact) mass is 265 g/mol. The Labute approximate surface area is 111 Å². The number of furan rings is 1. The molecule has 0 spiro atoms. The third-order valence-corrected chi connectivity index (χ3v) is 3.25. The van der Waals surface area contributed by atoms with E-state index in [1.54, 1.807) is 12.3 Å². The first kappa shape index (κ1) is 13.7. The van der Waals surface area contributed by atoms with Crippen LogP contribution < -0.4 is 5.32 Å². The van der Waals surface area contributed by atoms with Crippen molar-refractivity contribution in [2.75, 3.05) is 7.05 Å². The first-order valence-electron chi connectivity index (χ1n) is 6.33. The van der Waals surface area contributed by atoms with Crippen molar-refractivity contribution in [2.45, 2.75) is 25.8 Å². The molecule has 1 N–H and O–H groups in total. The summed E-state index contributed by atoms with van der Waals surface area (Å²) >= 11 is 0. The van der Waals surface area contributed by atoms with Crippen molar-refractivity contribution in [3.05, 3.63) is 59.1 Å². The van der Waals surface area contributed by atoms with Gasteiger partial charge < -0.3 is 9.73 Å². The van der Waals surface area contributed by atoms with Crippen LogP contribution in [0, 0.1) is 11.6 Å². The summed E-state index contributed by atoms with van der Waals surface area (Å²) in [6, 6.07) is 5.95. The molecular formula is C15H17F2NO. The minimum atomic E-state index is -0.817. The summed E-state index contributed by atoms with van der Waals surface area (Å²) in [5.74, 6) is -0.709. The number of benzene rings is 1. The molecule has 1 heterocycles. The molecule has 19 heavy (non-hydrogen) atoms. The molecule has 1 aromatic carbocycles. The molecule has 0 amide bonds. The molecule has 1 unspecified atom stereocenters. The van der Waals surface area contributed by atoms with E-state index in [2.05, 4.69) is 5.32 Å². The smallest absolute Gasteiger partial charge is 0.159 e. The van der Waals surface area contributed by atoms with Gasteiger partial charge in [0.05, 0.1) is 6.26 Å². The number of nitrogens with one attached hydrogen (secondary N) is 1. The van der Waals surface area contributed by atoms with E-state index >= 15 is 0 Å². The SMILES string of the molecule is CCc1occc1C(Cc1ccc(F)c(F)c1)NC. The summed E-state index contributed by atoms with van der Waals surface area (Å²) in [5.41, 5.74) is 1.82. The van der Waals surface area contributed by atoms with Gasteiger partial charge >= 0.3 is 0 Å². The van der Waals surface area contributed by atoms with Crippen LogP contribution in [-0.4, -0.2) is 7.05 Å².